The van der Waals surface area contributed by atoms with Crippen LogP contribution in [0, 0.1) is 0 Å². The standard InChI is InChI=1S/C11H11BrN4O2/c1-17-6-10-15-9(13)3-11(16-10)18-8-2-7(12)4-14-5-8/h2-5H,6H2,1H3,(H2,13,15,16). The number of nitrogens with zero attached hydrogens (tertiary/aromatic N) is 3. The van der Waals surface area contributed by atoms with Crippen molar-refractivity contribution in [2.24, 2.45) is 0 Å². The molecule has 2 aromatic heterocycles. The van der Waals surface area contributed by atoms with Crippen molar-refractivity contribution in [3.8, 4) is 11.6 Å². The lowest BCUT2D eigenvalue weighted by Gasteiger charge is -2.07. The van der Waals surface area contributed by atoms with E-state index in [2.05, 4.69) is 30.9 Å². The molecule has 2 heterocycles. The Morgan fingerprint density at radius 1 is 1.28 bits per heavy atom. The van der Waals surface area contributed by atoms with Crippen molar-refractivity contribution in [3.63, 3.8) is 0 Å². The van der Waals surface area contributed by atoms with Gasteiger partial charge in [-0.1, -0.05) is 0 Å². The van der Waals surface area contributed by atoms with Gasteiger partial charge in [-0.25, -0.2) is 4.98 Å². The molecular weight excluding hydrogens is 300 g/mol. The lowest BCUT2D eigenvalue weighted by Crippen LogP contribution is -2.02. The first-order valence-corrected chi connectivity index (χ1v) is 5.87. The van der Waals surface area contributed by atoms with E-state index < -0.39 is 0 Å². The first-order valence-electron chi connectivity index (χ1n) is 5.08. The highest BCUT2D eigenvalue weighted by atomic mass is 79.9. The SMILES string of the molecule is COCc1nc(N)cc(Oc2cncc(Br)c2)n1. The molecule has 0 saturated carbocycles. The van der Waals surface area contributed by atoms with Crippen molar-refractivity contribution in [3.05, 3.63) is 34.8 Å². The van der Waals surface area contributed by atoms with Crippen LogP contribution >= 0.6 is 15.9 Å². The number of hydrogen-bond acceptors (Lipinski definition) is 6. The monoisotopic (exact) mass is 310 g/mol. The molecule has 0 spiro atoms. The van der Waals surface area contributed by atoms with Gasteiger partial charge in [0.15, 0.2) is 5.82 Å². The molecule has 0 atom stereocenters. The highest BCUT2D eigenvalue weighted by Gasteiger charge is 2.05. The van der Waals surface area contributed by atoms with E-state index in [1.54, 1.807) is 31.6 Å². The Morgan fingerprint density at radius 2 is 2.11 bits per heavy atom. The maximum Gasteiger partial charge on any atom is 0.224 e. The molecule has 18 heavy (non-hydrogen) atoms. The Morgan fingerprint density at radius 3 is 2.83 bits per heavy atom. The molecule has 0 aliphatic rings. The van der Waals surface area contributed by atoms with Gasteiger partial charge < -0.3 is 15.2 Å². The normalized spacial score (nSPS) is 10.3. The van der Waals surface area contributed by atoms with Crippen LogP contribution in [-0.2, 0) is 11.3 Å². The van der Waals surface area contributed by atoms with Gasteiger partial charge in [0, 0.05) is 23.8 Å². The average molecular weight is 311 g/mol. The lowest BCUT2D eigenvalue weighted by atomic mass is 10.4. The zero-order valence-corrected chi connectivity index (χ0v) is 11.2. The van der Waals surface area contributed by atoms with Gasteiger partial charge in [-0.2, -0.15) is 4.98 Å². The van der Waals surface area contributed by atoms with E-state index in [1.165, 1.54) is 0 Å². The zero-order valence-electron chi connectivity index (χ0n) is 9.63. The average Bonchev–Trinajstić information content (AvgIpc) is 2.28. The first kappa shape index (κ1) is 12.7. The quantitative estimate of drug-likeness (QED) is 0.931. The van der Waals surface area contributed by atoms with Crippen LogP contribution in [0.5, 0.6) is 11.6 Å². The minimum atomic E-state index is 0.276. The van der Waals surface area contributed by atoms with E-state index in [-0.39, 0.29) is 6.61 Å². The van der Waals surface area contributed by atoms with Gasteiger partial charge in [-0.3, -0.25) is 4.98 Å². The number of anilines is 1. The fourth-order valence-corrected chi connectivity index (χ4v) is 1.65. The van der Waals surface area contributed by atoms with E-state index in [1.807, 2.05) is 0 Å². The molecule has 2 N–H and O–H groups in total. The molecule has 0 radical (unpaired) electrons. The summed E-state index contributed by atoms with van der Waals surface area (Å²) in [6, 6.07) is 3.32. The lowest BCUT2D eigenvalue weighted by molar-refractivity contribution is 0.177. The largest absolute Gasteiger partial charge is 0.437 e. The third-order valence-corrected chi connectivity index (χ3v) is 2.38. The maximum atomic E-state index is 5.66. The van der Waals surface area contributed by atoms with Crippen LogP contribution in [0.3, 0.4) is 0 Å². The van der Waals surface area contributed by atoms with Crippen molar-refractivity contribution < 1.29 is 9.47 Å². The van der Waals surface area contributed by atoms with Crippen LogP contribution < -0.4 is 10.5 Å². The predicted molar refractivity (Wildman–Crippen MR) is 69.2 cm³/mol. The summed E-state index contributed by atoms with van der Waals surface area (Å²) in [5, 5.41) is 0. The van der Waals surface area contributed by atoms with E-state index >= 15 is 0 Å². The number of hydrogen-bond donors (Lipinski definition) is 1. The third-order valence-electron chi connectivity index (χ3n) is 1.94. The summed E-state index contributed by atoms with van der Waals surface area (Å²) in [5.41, 5.74) is 5.66. The van der Waals surface area contributed by atoms with Gasteiger partial charge in [0.05, 0.1) is 6.20 Å². The summed E-state index contributed by atoms with van der Waals surface area (Å²) in [4.78, 5) is 12.2. The number of pyridine rings is 1. The smallest absolute Gasteiger partial charge is 0.224 e. The molecule has 94 valence electrons. The molecule has 0 aliphatic carbocycles. The number of methoxy groups -OCH3 is 1. The highest BCUT2D eigenvalue weighted by molar-refractivity contribution is 9.10. The fourth-order valence-electron chi connectivity index (χ4n) is 1.31. The van der Waals surface area contributed by atoms with Gasteiger partial charge in [0.25, 0.3) is 0 Å². The summed E-state index contributed by atoms with van der Waals surface area (Å²) in [5.74, 6) is 1.71. The van der Waals surface area contributed by atoms with Crippen molar-refractivity contribution in [2.75, 3.05) is 12.8 Å². The van der Waals surface area contributed by atoms with Gasteiger partial charge in [0.2, 0.25) is 5.88 Å². The van der Waals surface area contributed by atoms with Crippen LogP contribution in [0.15, 0.2) is 29.0 Å². The van der Waals surface area contributed by atoms with E-state index in [4.69, 9.17) is 15.2 Å². The van der Waals surface area contributed by atoms with Crippen LogP contribution in [0.1, 0.15) is 5.82 Å². The van der Waals surface area contributed by atoms with Crippen molar-refractivity contribution in [1.29, 1.82) is 0 Å². The summed E-state index contributed by atoms with van der Waals surface area (Å²) in [6.45, 7) is 0.276. The minimum absolute atomic E-state index is 0.276. The fraction of sp³-hybridized carbons (Fsp3) is 0.182. The molecule has 0 bridgehead atoms. The molecule has 0 fully saturated rings. The zero-order chi connectivity index (χ0) is 13.0. The molecule has 0 unspecified atom stereocenters. The number of rotatable bonds is 4. The molecule has 7 heteroatoms. The Kier molecular flexibility index (Phi) is 4.06. The van der Waals surface area contributed by atoms with Gasteiger partial charge in [-0.05, 0) is 22.0 Å². The molecule has 2 rings (SSSR count). The molecule has 0 amide bonds. The number of aromatic nitrogens is 3. The van der Waals surface area contributed by atoms with Crippen LogP contribution in [0.2, 0.25) is 0 Å². The van der Waals surface area contributed by atoms with Crippen molar-refractivity contribution in [1.82, 2.24) is 15.0 Å². The van der Waals surface area contributed by atoms with Crippen molar-refractivity contribution >= 4 is 21.7 Å². The topological polar surface area (TPSA) is 83.2 Å². The Balaban J connectivity index is 2.23. The molecule has 2 aromatic rings. The van der Waals surface area contributed by atoms with Gasteiger partial charge in [-0.15, -0.1) is 0 Å². The van der Waals surface area contributed by atoms with E-state index in [0.717, 1.165) is 4.47 Å². The third kappa shape index (κ3) is 3.38. The second-order valence-electron chi connectivity index (χ2n) is 3.42. The molecule has 0 aromatic carbocycles. The molecule has 0 aliphatic heterocycles. The van der Waals surface area contributed by atoms with Crippen molar-refractivity contribution in [2.45, 2.75) is 6.61 Å². The van der Waals surface area contributed by atoms with Crippen LogP contribution in [-0.4, -0.2) is 22.1 Å². The number of ether oxygens (including phenoxy) is 2. The second kappa shape index (κ2) is 5.74. The number of halogens is 1. The molecule has 0 saturated heterocycles. The summed E-state index contributed by atoms with van der Waals surface area (Å²) in [7, 11) is 1.56. The Labute approximate surface area is 112 Å². The van der Waals surface area contributed by atoms with Gasteiger partial charge >= 0.3 is 0 Å². The summed E-state index contributed by atoms with van der Waals surface area (Å²) >= 11 is 3.31. The van der Waals surface area contributed by atoms with E-state index in [9.17, 15) is 0 Å². The Hall–Kier alpha value is -1.73. The maximum absolute atomic E-state index is 5.66. The van der Waals surface area contributed by atoms with Crippen LogP contribution in [0.25, 0.3) is 0 Å². The summed E-state index contributed by atoms with van der Waals surface area (Å²) < 4.78 is 11.3. The number of nitrogen functional groups attached to an aromatic ring is 1. The molecule has 6 nitrogen and oxygen atoms in total. The second-order valence-corrected chi connectivity index (χ2v) is 4.34. The highest BCUT2D eigenvalue weighted by Crippen LogP contribution is 2.22. The molecular formula is C11H11BrN4O2. The van der Waals surface area contributed by atoms with E-state index in [0.29, 0.717) is 23.3 Å². The predicted octanol–water partition coefficient (Wildman–Crippen LogP) is 2.16. The minimum Gasteiger partial charge on any atom is -0.437 e. The number of nitrogens with two attached hydrogens (primary N) is 1. The van der Waals surface area contributed by atoms with Gasteiger partial charge in [0.1, 0.15) is 18.2 Å². The van der Waals surface area contributed by atoms with Crippen LogP contribution in [0.4, 0.5) is 5.82 Å². The first-order chi connectivity index (χ1) is 8.67. The Bertz CT molecular complexity index is 550. The summed E-state index contributed by atoms with van der Waals surface area (Å²) in [6.07, 6.45) is 3.25.